The van der Waals surface area contributed by atoms with Crippen LogP contribution in [0.2, 0.25) is 0 Å². The number of ether oxygens (including phenoxy) is 1. The van der Waals surface area contributed by atoms with Crippen LogP contribution in [0.3, 0.4) is 0 Å². The molecule has 3 N–H and O–H groups in total. The minimum atomic E-state index is -0.554. The summed E-state index contributed by atoms with van der Waals surface area (Å²) in [5.41, 5.74) is 5.21. The Morgan fingerprint density at radius 1 is 1.56 bits per heavy atom. The van der Waals surface area contributed by atoms with Crippen LogP contribution in [0.1, 0.15) is 33.6 Å². The van der Waals surface area contributed by atoms with E-state index >= 15 is 0 Å². The molecule has 0 radical (unpaired) electrons. The summed E-state index contributed by atoms with van der Waals surface area (Å²) in [4.78, 5) is 11.7. The van der Waals surface area contributed by atoms with Crippen LogP contribution in [0, 0.1) is 11.3 Å². The summed E-state index contributed by atoms with van der Waals surface area (Å²) in [6, 6.07) is 0. The molecule has 0 heterocycles. The molecule has 0 saturated heterocycles. The smallest absolute Gasteiger partial charge is 0.238 e. The van der Waals surface area contributed by atoms with Crippen LogP contribution in [-0.4, -0.2) is 31.7 Å². The van der Waals surface area contributed by atoms with Gasteiger partial charge in [-0.05, 0) is 24.2 Å². The highest BCUT2D eigenvalue weighted by atomic mass is 16.5. The first-order valence-electron chi connectivity index (χ1n) is 5.88. The second-order valence-corrected chi connectivity index (χ2v) is 5.70. The maximum Gasteiger partial charge on any atom is 0.238 e. The van der Waals surface area contributed by atoms with Gasteiger partial charge in [0.05, 0.1) is 6.61 Å². The molecule has 1 rings (SSSR count). The molecule has 4 heteroatoms. The number of primary amides is 1. The average Bonchev–Trinajstić information content (AvgIpc) is 2.37. The first kappa shape index (κ1) is 13.5. The summed E-state index contributed by atoms with van der Waals surface area (Å²) in [5, 5.41) is 3.30. The van der Waals surface area contributed by atoms with Crippen molar-refractivity contribution in [2.45, 2.75) is 39.2 Å². The molecule has 1 aliphatic carbocycles. The van der Waals surface area contributed by atoms with Gasteiger partial charge in [0, 0.05) is 13.7 Å². The van der Waals surface area contributed by atoms with Crippen molar-refractivity contribution in [1.29, 1.82) is 0 Å². The van der Waals surface area contributed by atoms with E-state index in [1.165, 1.54) is 0 Å². The van der Waals surface area contributed by atoms with E-state index in [-0.39, 0.29) is 17.2 Å². The summed E-state index contributed by atoms with van der Waals surface area (Å²) in [6.45, 7) is 7.74. The monoisotopic (exact) mass is 228 g/mol. The van der Waals surface area contributed by atoms with Gasteiger partial charge in [-0.15, -0.1) is 0 Å². The van der Waals surface area contributed by atoms with Crippen molar-refractivity contribution in [3.8, 4) is 0 Å². The highest BCUT2D eigenvalue weighted by Gasteiger charge is 2.52. The molecule has 2 atom stereocenters. The Labute approximate surface area is 97.9 Å². The SMILES string of the molecule is COCCNC1(C(N)=O)CC(C)(C)CC1C. The molecule has 1 aliphatic rings. The number of nitrogens with one attached hydrogen (secondary N) is 1. The van der Waals surface area contributed by atoms with E-state index in [2.05, 4.69) is 26.1 Å². The molecule has 2 unspecified atom stereocenters. The number of rotatable bonds is 5. The molecule has 1 saturated carbocycles. The molecule has 1 fully saturated rings. The Bertz CT molecular complexity index is 266. The molecule has 0 spiro atoms. The van der Waals surface area contributed by atoms with Crippen LogP contribution in [0.25, 0.3) is 0 Å². The Morgan fingerprint density at radius 3 is 2.56 bits per heavy atom. The number of nitrogens with two attached hydrogens (primary N) is 1. The Balaban J connectivity index is 2.77. The number of methoxy groups -OCH3 is 1. The van der Waals surface area contributed by atoms with Crippen molar-refractivity contribution in [2.24, 2.45) is 17.1 Å². The standard InChI is InChI=1S/C12H24N2O2/c1-9-7-11(2,3)8-12(9,10(13)15)14-5-6-16-4/h9,14H,5-8H2,1-4H3,(H2,13,15). The molecule has 94 valence electrons. The van der Waals surface area contributed by atoms with Gasteiger partial charge in [0.2, 0.25) is 5.91 Å². The highest BCUT2D eigenvalue weighted by molar-refractivity contribution is 5.85. The van der Waals surface area contributed by atoms with Gasteiger partial charge in [0.1, 0.15) is 5.54 Å². The van der Waals surface area contributed by atoms with E-state index in [4.69, 9.17) is 10.5 Å². The van der Waals surface area contributed by atoms with Gasteiger partial charge in [0.15, 0.2) is 0 Å². The second kappa shape index (κ2) is 4.72. The van der Waals surface area contributed by atoms with E-state index in [0.717, 1.165) is 12.8 Å². The molecular formula is C12H24N2O2. The van der Waals surface area contributed by atoms with Crippen LogP contribution in [-0.2, 0) is 9.53 Å². The van der Waals surface area contributed by atoms with Gasteiger partial charge >= 0.3 is 0 Å². The van der Waals surface area contributed by atoms with Gasteiger partial charge in [-0.1, -0.05) is 20.8 Å². The lowest BCUT2D eigenvalue weighted by Gasteiger charge is -2.32. The number of hydrogen-bond donors (Lipinski definition) is 2. The fourth-order valence-electron chi connectivity index (χ4n) is 3.03. The highest BCUT2D eigenvalue weighted by Crippen LogP contribution is 2.47. The zero-order valence-electron chi connectivity index (χ0n) is 10.8. The van der Waals surface area contributed by atoms with Crippen LogP contribution in [0.15, 0.2) is 0 Å². The third-order valence-corrected chi connectivity index (χ3v) is 3.64. The fourth-order valence-corrected chi connectivity index (χ4v) is 3.03. The van der Waals surface area contributed by atoms with E-state index in [1.807, 2.05) is 0 Å². The molecular weight excluding hydrogens is 204 g/mol. The van der Waals surface area contributed by atoms with Crippen LogP contribution >= 0.6 is 0 Å². The third-order valence-electron chi connectivity index (χ3n) is 3.64. The minimum absolute atomic E-state index is 0.175. The van der Waals surface area contributed by atoms with Gasteiger partial charge < -0.3 is 15.8 Å². The maximum atomic E-state index is 11.7. The molecule has 0 aliphatic heterocycles. The lowest BCUT2D eigenvalue weighted by Crippen LogP contribution is -2.58. The molecule has 0 bridgehead atoms. The topological polar surface area (TPSA) is 64.3 Å². The van der Waals surface area contributed by atoms with Crippen molar-refractivity contribution < 1.29 is 9.53 Å². The average molecular weight is 228 g/mol. The maximum absolute atomic E-state index is 11.7. The fraction of sp³-hybridized carbons (Fsp3) is 0.917. The molecule has 1 amide bonds. The van der Waals surface area contributed by atoms with E-state index in [0.29, 0.717) is 13.2 Å². The second-order valence-electron chi connectivity index (χ2n) is 5.70. The Morgan fingerprint density at radius 2 is 2.19 bits per heavy atom. The number of carbonyl (C=O) groups is 1. The van der Waals surface area contributed by atoms with E-state index in [1.54, 1.807) is 7.11 Å². The summed E-state index contributed by atoms with van der Waals surface area (Å²) in [5.74, 6) is 0.0403. The lowest BCUT2D eigenvalue weighted by molar-refractivity contribution is -0.126. The summed E-state index contributed by atoms with van der Waals surface area (Å²) >= 11 is 0. The van der Waals surface area contributed by atoms with Crippen LogP contribution in [0.5, 0.6) is 0 Å². The Hall–Kier alpha value is -0.610. The van der Waals surface area contributed by atoms with Crippen molar-refractivity contribution >= 4 is 5.91 Å². The van der Waals surface area contributed by atoms with Crippen LogP contribution in [0.4, 0.5) is 0 Å². The van der Waals surface area contributed by atoms with Crippen molar-refractivity contribution in [3.63, 3.8) is 0 Å². The number of hydrogen-bond acceptors (Lipinski definition) is 3. The number of amides is 1. The van der Waals surface area contributed by atoms with Crippen LogP contribution < -0.4 is 11.1 Å². The van der Waals surface area contributed by atoms with Crippen molar-refractivity contribution in [2.75, 3.05) is 20.3 Å². The molecule has 16 heavy (non-hydrogen) atoms. The van der Waals surface area contributed by atoms with Crippen molar-refractivity contribution in [3.05, 3.63) is 0 Å². The summed E-state index contributed by atoms with van der Waals surface area (Å²) in [6.07, 6.45) is 1.83. The first-order valence-corrected chi connectivity index (χ1v) is 5.88. The van der Waals surface area contributed by atoms with Gasteiger partial charge in [-0.25, -0.2) is 0 Å². The van der Waals surface area contributed by atoms with Gasteiger partial charge in [0.25, 0.3) is 0 Å². The van der Waals surface area contributed by atoms with E-state index < -0.39 is 5.54 Å². The largest absolute Gasteiger partial charge is 0.383 e. The van der Waals surface area contributed by atoms with Gasteiger partial charge in [-0.3, -0.25) is 4.79 Å². The first-order chi connectivity index (χ1) is 7.34. The minimum Gasteiger partial charge on any atom is -0.383 e. The molecule has 0 aromatic rings. The third kappa shape index (κ3) is 2.55. The normalized spacial score (nSPS) is 32.9. The molecule has 0 aromatic carbocycles. The van der Waals surface area contributed by atoms with Gasteiger partial charge in [-0.2, -0.15) is 0 Å². The summed E-state index contributed by atoms with van der Waals surface area (Å²) < 4.78 is 5.00. The predicted octanol–water partition coefficient (Wildman–Crippen LogP) is 0.903. The van der Waals surface area contributed by atoms with E-state index in [9.17, 15) is 4.79 Å². The Kier molecular flexibility index (Phi) is 3.97. The molecule has 0 aromatic heterocycles. The zero-order valence-corrected chi connectivity index (χ0v) is 10.8. The quantitative estimate of drug-likeness (QED) is 0.687. The van der Waals surface area contributed by atoms with Crippen molar-refractivity contribution in [1.82, 2.24) is 5.32 Å². The summed E-state index contributed by atoms with van der Waals surface area (Å²) in [7, 11) is 1.65. The predicted molar refractivity (Wildman–Crippen MR) is 64.0 cm³/mol. The number of carbonyl (C=O) groups excluding carboxylic acids is 1. The molecule has 4 nitrogen and oxygen atoms in total. The lowest BCUT2D eigenvalue weighted by atomic mass is 9.85. The zero-order chi connectivity index (χ0) is 12.4.